The van der Waals surface area contributed by atoms with Crippen molar-refractivity contribution in [3.05, 3.63) is 12.3 Å². The van der Waals surface area contributed by atoms with Gasteiger partial charge in [-0.05, 0) is 13.8 Å². The van der Waals surface area contributed by atoms with Gasteiger partial charge in [0.15, 0.2) is 0 Å². The number of anilines is 1. The molecule has 0 saturated carbocycles. The van der Waals surface area contributed by atoms with E-state index in [0.29, 0.717) is 6.54 Å². The zero-order valence-electron chi connectivity index (χ0n) is 7.99. The number of nitrogens with zero attached hydrogens (tertiary/aromatic N) is 3. The Kier molecular flexibility index (Phi) is 3.32. The summed E-state index contributed by atoms with van der Waals surface area (Å²) in [5.74, 6) is 0.857. The maximum absolute atomic E-state index is 8.55. The lowest BCUT2D eigenvalue weighted by atomic mass is 10.2. The maximum Gasteiger partial charge on any atom is 0.148 e. The van der Waals surface area contributed by atoms with E-state index in [9.17, 15) is 0 Å². The lowest BCUT2D eigenvalue weighted by Crippen LogP contribution is -2.10. The minimum Gasteiger partial charge on any atom is -0.367 e. The molecule has 70 valence electrons. The van der Waals surface area contributed by atoms with Crippen molar-refractivity contribution >= 4 is 5.82 Å². The molecule has 0 aromatic carbocycles. The van der Waals surface area contributed by atoms with E-state index in [2.05, 4.69) is 16.5 Å². The molecule has 0 amide bonds. The highest BCUT2D eigenvalue weighted by molar-refractivity contribution is 5.32. The van der Waals surface area contributed by atoms with Crippen molar-refractivity contribution in [3.8, 4) is 6.07 Å². The molecule has 1 rings (SSSR count). The van der Waals surface area contributed by atoms with Crippen LogP contribution >= 0.6 is 0 Å². The fraction of sp³-hybridized carbons (Fsp3) is 0.556. The highest BCUT2D eigenvalue weighted by Crippen LogP contribution is 2.03. The van der Waals surface area contributed by atoms with E-state index in [0.717, 1.165) is 12.4 Å². The summed E-state index contributed by atoms with van der Waals surface area (Å²) in [4.78, 5) is 0. The minimum atomic E-state index is 0.0202. The normalized spacial score (nSPS) is 12.1. The second kappa shape index (κ2) is 4.51. The molecule has 0 aliphatic rings. The molecular formula is C9H14N4. The van der Waals surface area contributed by atoms with Gasteiger partial charge in [-0.3, -0.25) is 4.68 Å². The van der Waals surface area contributed by atoms with Crippen molar-refractivity contribution in [2.45, 2.75) is 20.4 Å². The monoisotopic (exact) mass is 178 g/mol. The van der Waals surface area contributed by atoms with E-state index >= 15 is 0 Å². The summed E-state index contributed by atoms with van der Waals surface area (Å²) in [7, 11) is 0. The van der Waals surface area contributed by atoms with Crippen LogP contribution in [0.25, 0.3) is 0 Å². The van der Waals surface area contributed by atoms with Crippen LogP contribution in [0.15, 0.2) is 12.3 Å². The van der Waals surface area contributed by atoms with Crippen molar-refractivity contribution in [2.75, 3.05) is 11.9 Å². The molecular weight excluding hydrogens is 164 g/mol. The molecule has 1 unspecified atom stereocenters. The highest BCUT2D eigenvalue weighted by Gasteiger charge is 2.00. The third-order valence-electron chi connectivity index (χ3n) is 1.77. The lowest BCUT2D eigenvalue weighted by molar-refractivity contribution is 0.659. The second-order valence-corrected chi connectivity index (χ2v) is 2.97. The Morgan fingerprint density at radius 1 is 1.77 bits per heavy atom. The smallest absolute Gasteiger partial charge is 0.148 e. The molecule has 4 heteroatoms. The summed E-state index contributed by atoms with van der Waals surface area (Å²) in [6.45, 7) is 5.44. The van der Waals surface area contributed by atoms with Crippen LogP contribution in [0.3, 0.4) is 0 Å². The number of nitriles is 1. The maximum atomic E-state index is 8.55. The van der Waals surface area contributed by atoms with E-state index in [1.165, 1.54) is 0 Å². The largest absolute Gasteiger partial charge is 0.367 e. The number of aromatic nitrogens is 2. The standard InChI is InChI=1S/C9H14N4/c1-3-13-5-4-9(12-13)11-7-8(2)6-10/h4-5,8H,3,7H2,1-2H3,(H,11,12). The SMILES string of the molecule is CCn1ccc(NCC(C)C#N)n1. The van der Waals surface area contributed by atoms with E-state index in [4.69, 9.17) is 5.26 Å². The van der Waals surface area contributed by atoms with E-state index < -0.39 is 0 Å². The molecule has 1 N–H and O–H groups in total. The van der Waals surface area contributed by atoms with Crippen molar-refractivity contribution in [1.29, 1.82) is 5.26 Å². The van der Waals surface area contributed by atoms with Crippen LogP contribution in [0.1, 0.15) is 13.8 Å². The summed E-state index contributed by atoms with van der Waals surface area (Å²) >= 11 is 0. The Labute approximate surface area is 78.2 Å². The Morgan fingerprint density at radius 2 is 2.54 bits per heavy atom. The fourth-order valence-electron chi connectivity index (χ4n) is 0.935. The summed E-state index contributed by atoms with van der Waals surface area (Å²) in [6, 6.07) is 4.07. The number of rotatable bonds is 4. The molecule has 4 nitrogen and oxygen atoms in total. The van der Waals surface area contributed by atoms with Crippen LogP contribution in [-0.2, 0) is 6.54 Å². The van der Waals surface area contributed by atoms with Gasteiger partial charge in [0.05, 0.1) is 12.0 Å². The molecule has 0 bridgehead atoms. The zero-order chi connectivity index (χ0) is 9.68. The lowest BCUT2D eigenvalue weighted by Gasteiger charge is -2.02. The topological polar surface area (TPSA) is 53.6 Å². The highest BCUT2D eigenvalue weighted by atomic mass is 15.3. The quantitative estimate of drug-likeness (QED) is 0.759. The molecule has 0 fully saturated rings. The Balaban J connectivity index is 2.42. The molecule has 1 atom stereocenters. The summed E-state index contributed by atoms with van der Waals surface area (Å²) in [5, 5.41) is 15.9. The van der Waals surface area contributed by atoms with E-state index in [1.807, 2.05) is 30.8 Å². The average Bonchev–Trinajstić information content (AvgIpc) is 2.61. The molecule has 0 aliphatic heterocycles. The predicted molar refractivity (Wildman–Crippen MR) is 51.2 cm³/mol. The van der Waals surface area contributed by atoms with E-state index in [-0.39, 0.29) is 5.92 Å². The number of nitrogens with one attached hydrogen (secondary N) is 1. The Morgan fingerprint density at radius 3 is 3.08 bits per heavy atom. The van der Waals surface area contributed by atoms with Crippen LogP contribution in [-0.4, -0.2) is 16.3 Å². The van der Waals surface area contributed by atoms with Crippen molar-refractivity contribution < 1.29 is 0 Å². The van der Waals surface area contributed by atoms with Gasteiger partial charge in [0.1, 0.15) is 5.82 Å². The second-order valence-electron chi connectivity index (χ2n) is 2.97. The average molecular weight is 178 g/mol. The Hall–Kier alpha value is -1.50. The molecule has 0 aliphatic carbocycles. The van der Waals surface area contributed by atoms with Crippen LogP contribution < -0.4 is 5.32 Å². The van der Waals surface area contributed by atoms with Crippen LogP contribution in [0.4, 0.5) is 5.82 Å². The molecule has 1 heterocycles. The van der Waals surface area contributed by atoms with E-state index in [1.54, 1.807) is 0 Å². The van der Waals surface area contributed by atoms with Gasteiger partial charge < -0.3 is 5.32 Å². The van der Waals surface area contributed by atoms with Gasteiger partial charge >= 0.3 is 0 Å². The molecule has 0 radical (unpaired) electrons. The first-order valence-corrected chi connectivity index (χ1v) is 4.43. The third kappa shape index (κ3) is 2.79. The summed E-state index contributed by atoms with van der Waals surface area (Å²) < 4.78 is 1.85. The summed E-state index contributed by atoms with van der Waals surface area (Å²) in [6.07, 6.45) is 1.92. The van der Waals surface area contributed by atoms with Crippen molar-refractivity contribution in [1.82, 2.24) is 9.78 Å². The molecule has 1 aromatic heterocycles. The third-order valence-corrected chi connectivity index (χ3v) is 1.77. The number of aryl methyl sites for hydroxylation is 1. The minimum absolute atomic E-state index is 0.0202. The first kappa shape index (κ1) is 9.59. The van der Waals surface area contributed by atoms with Gasteiger partial charge in [-0.15, -0.1) is 0 Å². The fourth-order valence-corrected chi connectivity index (χ4v) is 0.935. The van der Waals surface area contributed by atoms with Gasteiger partial charge in [-0.1, -0.05) is 0 Å². The molecule has 0 saturated heterocycles. The van der Waals surface area contributed by atoms with Gasteiger partial charge in [0.25, 0.3) is 0 Å². The van der Waals surface area contributed by atoms with Crippen molar-refractivity contribution in [3.63, 3.8) is 0 Å². The van der Waals surface area contributed by atoms with Gasteiger partial charge in [-0.2, -0.15) is 10.4 Å². The molecule has 0 spiro atoms. The van der Waals surface area contributed by atoms with Gasteiger partial charge in [0.2, 0.25) is 0 Å². The predicted octanol–water partition coefficient (Wildman–Crippen LogP) is 1.47. The summed E-state index contributed by atoms with van der Waals surface area (Å²) in [5.41, 5.74) is 0. The van der Waals surface area contributed by atoms with Gasteiger partial charge in [0, 0.05) is 25.4 Å². The van der Waals surface area contributed by atoms with Gasteiger partial charge in [-0.25, -0.2) is 0 Å². The first-order valence-electron chi connectivity index (χ1n) is 4.43. The first-order chi connectivity index (χ1) is 6.26. The number of hydrogen-bond donors (Lipinski definition) is 1. The van der Waals surface area contributed by atoms with Crippen molar-refractivity contribution in [2.24, 2.45) is 5.92 Å². The molecule has 13 heavy (non-hydrogen) atoms. The van der Waals surface area contributed by atoms with Crippen LogP contribution in [0.5, 0.6) is 0 Å². The number of hydrogen-bond acceptors (Lipinski definition) is 3. The molecule has 1 aromatic rings. The van der Waals surface area contributed by atoms with Crippen LogP contribution in [0.2, 0.25) is 0 Å². The Bertz CT molecular complexity index is 297. The van der Waals surface area contributed by atoms with Crippen LogP contribution in [0, 0.1) is 17.2 Å². The zero-order valence-corrected chi connectivity index (χ0v) is 7.99.